The Hall–Kier alpha value is -0.790. The van der Waals surface area contributed by atoms with E-state index in [9.17, 15) is 4.79 Å². The number of fused-ring (bicyclic) bond motifs is 5. The molecule has 0 bridgehead atoms. The molecular formula is C47H84O2. The van der Waals surface area contributed by atoms with E-state index < -0.39 is 0 Å². The molecule has 0 spiro atoms. The minimum atomic E-state index is 0.0665. The van der Waals surface area contributed by atoms with Crippen molar-refractivity contribution in [1.82, 2.24) is 0 Å². The Morgan fingerprint density at radius 3 is 1.90 bits per heavy atom. The van der Waals surface area contributed by atoms with Crippen molar-refractivity contribution in [2.75, 3.05) is 0 Å². The average Bonchev–Trinajstić information content (AvgIpc) is 3.43. The summed E-state index contributed by atoms with van der Waals surface area (Å²) in [4.78, 5) is 12.8. The van der Waals surface area contributed by atoms with E-state index in [1.807, 2.05) is 0 Å². The van der Waals surface area contributed by atoms with Gasteiger partial charge in [-0.05, 0) is 97.7 Å². The maximum absolute atomic E-state index is 12.8. The monoisotopic (exact) mass is 681 g/mol. The zero-order valence-corrected chi connectivity index (χ0v) is 33.9. The SMILES string of the molecule is CCCCCCCCCCCCCCCCCCCC(=O)OC1CC[C@@]2(C)C(=CC[C@H]3[C@@H]4CC[C@H]([C@H](C)CCCC(C)C)[C@@]4(C)CC[C@@H]32)C1. The van der Waals surface area contributed by atoms with Gasteiger partial charge in [0.1, 0.15) is 6.10 Å². The van der Waals surface area contributed by atoms with E-state index in [1.165, 1.54) is 161 Å². The number of carbonyl (C=O) groups excluding carboxylic acids is 1. The number of hydrogen-bond acceptors (Lipinski definition) is 2. The first-order chi connectivity index (χ1) is 23.7. The molecule has 0 heterocycles. The van der Waals surface area contributed by atoms with Gasteiger partial charge in [-0.3, -0.25) is 4.79 Å². The first kappa shape index (κ1) is 41.0. The molecule has 8 atom stereocenters. The number of unbranched alkanes of at least 4 members (excludes halogenated alkanes) is 16. The van der Waals surface area contributed by atoms with Crippen LogP contribution in [0.2, 0.25) is 0 Å². The Kier molecular flexibility index (Phi) is 17.6. The van der Waals surface area contributed by atoms with Gasteiger partial charge in [-0.15, -0.1) is 0 Å². The Balaban J connectivity index is 1.07. The minimum Gasteiger partial charge on any atom is -0.462 e. The van der Waals surface area contributed by atoms with Crippen molar-refractivity contribution in [3.63, 3.8) is 0 Å². The molecule has 0 N–H and O–H groups in total. The maximum atomic E-state index is 12.8. The first-order valence-corrected chi connectivity index (χ1v) is 22.6. The van der Waals surface area contributed by atoms with E-state index in [0.717, 1.165) is 54.8 Å². The first-order valence-electron chi connectivity index (χ1n) is 22.6. The second kappa shape index (κ2) is 21.0. The summed E-state index contributed by atoms with van der Waals surface area (Å²) in [5.74, 6) is 5.34. The van der Waals surface area contributed by atoms with Crippen LogP contribution >= 0.6 is 0 Å². The number of allylic oxidation sites excluding steroid dienone is 1. The summed E-state index contributed by atoms with van der Waals surface area (Å²) in [6, 6.07) is 0. The van der Waals surface area contributed by atoms with E-state index in [1.54, 1.807) is 5.57 Å². The standard InChI is InChI=1S/C47H84O2/c1-7-8-9-10-11-12-13-14-15-16-17-18-19-20-21-22-23-27-45(48)49-40-32-34-46(5)39(36-40)28-29-41-43-31-30-42(38(4)26-24-25-37(2)3)47(43,6)35-33-44(41)46/h28,37-38,40-44H,7-27,29-36H2,1-6H3/t38-,40?,41+,42-,43+,44+,46+,47-/m1/s1. The fourth-order valence-electron chi connectivity index (χ4n) is 12.0. The van der Waals surface area contributed by atoms with Gasteiger partial charge >= 0.3 is 5.97 Å². The van der Waals surface area contributed by atoms with Gasteiger partial charge in [0.05, 0.1) is 0 Å². The molecule has 284 valence electrons. The van der Waals surface area contributed by atoms with Crippen LogP contribution in [0.4, 0.5) is 0 Å². The molecule has 4 rings (SSSR count). The number of hydrogen-bond donors (Lipinski definition) is 0. The molecule has 49 heavy (non-hydrogen) atoms. The summed E-state index contributed by atoms with van der Waals surface area (Å²) < 4.78 is 6.14. The molecule has 1 unspecified atom stereocenters. The summed E-state index contributed by atoms with van der Waals surface area (Å²) >= 11 is 0. The molecule has 0 saturated heterocycles. The summed E-state index contributed by atoms with van der Waals surface area (Å²) in [6.07, 6.45) is 41.3. The topological polar surface area (TPSA) is 26.3 Å². The third kappa shape index (κ3) is 11.9. The molecule has 4 aliphatic carbocycles. The number of ether oxygens (including phenoxy) is 1. The fraction of sp³-hybridized carbons (Fsp3) is 0.936. The maximum Gasteiger partial charge on any atom is 0.306 e. The lowest BCUT2D eigenvalue weighted by atomic mass is 9.47. The molecule has 3 saturated carbocycles. The predicted molar refractivity (Wildman–Crippen MR) is 212 cm³/mol. The van der Waals surface area contributed by atoms with Gasteiger partial charge in [0.25, 0.3) is 0 Å². The second-order valence-corrected chi connectivity index (χ2v) is 19.1. The van der Waals surface area contributed by atoms with Crippen LogP contribution in [0.25, 0.3) is 0 Å². The number of rotatable bonds is 24. The van der Waals surface area contributed by atoms with Crippen LogP contribution in [-0.2, 0) is 9.53 Å². The molecule has 2 heteroatoms. The Labute approximate surface area is 306 Å². The van der Waals surface area contributed by atoms with Crippen molar-refractivity contribution >= 4 is 5.97 Å². The Bertz CT molecular complexity index is 965. The largest absolute Gasteiger partial charge is 0.462 e. The van der Waals surface area contributed by atoms with Gasteiger partial charge in [0, 0.05) is 12.8 Å². The van der Waals surface area contributed by atoms with Gasteiger partial charge in [-0.25, -0.2) is 0 Å². The highest BCUT2D eigenvalue weighted by atomic mass is 16.5. The van der Waals surface area contributed by atoms with Crippen molar-refractivity contribution in [1.29, 1.82) is 0 Å². The van der Waals surface area contributed by atoms with Crippen LogP contribution in [0.15, 0.2) is 11.6 Å². The van der Waals surface area contributed by atoms with Crippen molar-refractivity contribution in [2.45, 2.75) is 234 Å². The summed E-state index contributed by atoms with van der Waals surface area (Å²) in [5, 5.41) is 0. The summed E-state index contributed by atoms with van der Waals surface area (Å²) in [6.45, 7) is 15.0. The van der Waals surface area contributed by atoms with Gasteiger partial charge < -0.3 is 4.74 Å². The van der Waals surface area contributed by atoms with E-state index in [2.05, 4.69) is 47.6 Å². The zero-order chi connectivity index (χ0) is 35.1. The lowest BCUT2D eigenvalue weighted by Gasteiger charge is -2.58. The molecule has 0 aromatic carbocycles. The molecule has 0 aromatic heterocycles. The lowest BCUT2D eigenvalue weighted by Crippen LogP contribution is -2.51. The van der Waals surface area contributed by atoms with Gasteiger partial charge in [-0.1, -0.05) is 175 Å². The summed E-state index contributed by atoms with van der Waals surface area (Å²) in [5.41, 5.74) is 2.54. The zero-order valence-electron chi connectivity index (χ0n) is 33.9. The third-order valence-electron chi connectivity index (χ3n) is 15.0. The van der Waals surface area contributed by atoms with E-state index in [4.69, 9.17) is 4.74 Å². The molecule has 2 nitrogen and oxygen atoms in total. The number of carbonyl (C=O) groups is 1. The van der Waals surface area contributed by atoms with Crippen LogP contribution in [0.5, 0.6) is 0 Å². The Morgan fingerprint density at radius 1 is 0.714 bits per heavy atom. The van der Waals surface area contributed by atoms with Gasteiger partial charge in [0.15, 0.2) is 0 Å². The van der Waals surface area contributed by atoms with Crippen LogP contribution < -0.4 is 0 Å². The van der Waals surface area contributed by atoms with Crippen LogP contribution in [0.3, 0.4) is 0 Å². The third-order valence-corrected chi connectivity index (χ3v) is 15.0. The van der Waals surface area contributed by atoms with Gasteiger partial charge in [0.2, 0.25) is 0 Å². The number of esters is 1. The molecule has 0 aliphatic heterocycles. The van der Waals surface area contributed by atoms with E-state index >= 15 is 0 Å². The molecule has 0 radical (unpaired) electrons. The molecule has 0 amide bonds. The van der Waals surface area contributed by atoms with Crippen LogP contribution in [-0.4, -0.2) is 12.1 Å². The van der Waals surface area contributed by atoms with Gasteiger partial charge in [-0.2, -0.15) is 0 Å². The molecule has 0 aromatic rings. The Morgan fingerprint density at radius 2 is 1.31 bits per heavy atom. The normalized spacial score (nSPS) is 31.6. The quantitative estimate of drug-likeness (QED) is 0.0576. The lowest BCUT2D eigenvalue weighted by molar-refractivity contribution is -0.151. The predicted octanol–water partition coefficient (Wildman–Crippen LogP) is 15.0. The van der Waals surface area contributed by atoms with Crippen molar-refractivity contribution < 1.29 is 9.53 Å². The van der Waals surface area contributed by atoms with E-state index in [-0.39, 0.29) is 12.1 Å². The highest BCUT2D eigenvalue weighted by Crippen LogP contribution is 2.67. The summed E-state index contributed by atoms with van der Waals surface area (Å²) in [7, 11) is 0. The minimum absolute atomic E-state index is 0.0665. The molecular weight excluding hydrogens is 597 g/mol. The highest BCUT2D eigenvalue weighted by molar-refractivity contribution is 5.69. The van der Waals surface area contributed by atoms with Crippen molar-refractivity contribution in [3.8, 4) is 0 Å². The second-order valence-electron chi connectivity index (χ2n) is 19.1. The van der Waals surface area contributed by atoms with Crippen LogP contribution in [0.1, 0.15) is 228 Å². The van der Waals surface area contributed by atoms with Crippen molar-refractivity contribution in [2.24, 2.45) is 46.3 Å². The average molecular weight is 681 g/mol. The van der Waals surface area contributed by atoms with E-state index in [0.29, 0.717) is 17.3 Å². The van der Waals surface area contributed by atoms with Crippen LogP contribution in [0, 0.1) is 46.3 Å². The van der Waals surface area contributed by atoms with Crippen molar-refractivity contribution in [3.05, 3.63) is 11.6 Å². The molecule has 3 fully saturated rings. The smallest absolute Gasteiger partial charge is 0.306 e. The fourth-order valence-corrected chi connectivity index (χ4v) is 12.0. The molecule has 4 aliphatic rings. The highest BCUT2D eigenvalue weighted by Gasteiger charge is 2.59.